The number of hydrogen-bond donors (Lipinski definition) is 6. The zero-order valence-corrected chi connectivity index (χ0v) is 20.7. The van der Waals surface area contributed by atoms with Gasteiger partial charge in [0.2, 0.25) is 0 Å². The Kier molecular flexibility index (Phi) is 7.98. The van der Waals surface area contributed by atoms with Crippen molar-refractivity contribution in [1.29, 1.82) is 0 Å². The molecule has 2 aliphatic carbocycles. The summed E-state index contributed by atoms with van der Waals surface area (Å²) >= 11 is 6.60. The first-order valence-corrected chi connectivity index (χ1v) is 11.8. The number of aliphatic hydroxyl groups excluding tert-OH is 1. The third kappa shape index (κ3) is 7.44. The van der Waals surface area contributed by atoms with Crippen molar-refractivity contribution in [1.82, 2.24) is 10.6 Å². The summed E-state index contributed by atoms with van der Waals surface area (Å²) in [5.74, 6) is -0.983. The lowest BCUT2D eigenvalue weighted by Crippen LogP contribution is -2.45. The third-order valence-corrected chi connectivity index (χ3v) is 6.31. The molecule has 9 nitrogen and oxygen atoms in total. The molecule has 0 aliphatic heterocycles. The third-order valence-electron chi connectivity index (χ3n) is 5.25. The van der Waals surface area contributed by atoms with E-state index in [2.05, 4.69) is 53.1 Å². The van der Waals surface area contributed by atoms with Crippen LogP contribution in [0.1, 0.15) is 25.7 Å². The predicted octanol–water partition coefficient (Wildman–Crippen LogP) is 4.28. The van der Waals surface area contributed by atoms with Gasteiger partial charge in [-0.05, 0) is 74.2 Å². The van der Waals surface area contributed by atoms with Crippen molar-refractivity contribution in [3.63, 3.8) is 0 Å². The first kappa shape index (κ1) is 25.0. The van der Waals surface area contributed by atoms with E-state index in [0.29, 0.717) is 18.5 Å². The molecule has 2 saturated carbocycles. The first-order chi connectivity index (χ1) is 15.7. The summed E-state index contributed by atoms with van der Waals surface area (Å²) in [6.07, 6.45) is 2.65. The highest BCUT2D eigenvalue weighted by molar-refractivity contribution is 9.10. The molecular formula is C22H24Br2N4O5. The van der Waals surface area contributed by atoms with Gasteiger partial charge in [0.25, 0.3) is 0 Å². The van der Waals surface area contributed by atoms with Crippen LogP contribution in [0.15, 0.2) is 57.5 Å². The SMILES string of the molecule is O=C(Nc1ccc(Br)cc1)NC1(C(=O)O)CC1.O=C(Nc1ccc(Br)cc1)NC1(CO)CC1. The monoisotopic (exact) mass is 582 g/mol. The number of carboxylic acid groups (broad SMARTS) is 1. The van der Waals surface area contributed by atoms with Gasteiger partial charge in [-0.15, -0.1) is 0 Å². The summed E-state index contributed by atoms with van der Waals surface area (Å²) in [5, 5.41) is 28.5. The van der Waals surface area contributed by atoms with E-state index in [-0.39, 0.29) is 18.2 Å². The van der Waals surface area contributed by atoms with E-state index in [1.54, 1.807) is 24.3 Å². The number of nitrogens with one attached hydrogen (secondary N) is 4. The lowest BCUT2D eigenvalue weighted by atomic mass is 10.3. The molecule has 0 saturated heterocycles. The minimum absolute atomic E-state index is 0.000752. The van der Waals surface area contributed by atoms with Gasteiger partial charge in [0.15, 0.2) is 0 Å². The van der Waals surface area contributed by atoms with Crippen molar-refractivity contribution >= 4 is 61.3 Å². The molecule has 0 spiro atoms. The Morgan fingerprint density at radius 3 is 1.52 bits per heavy atom. The summed E-state index contributed by atoms with van der Waals surface area (Å²) in [6, 6.07) is 13.6. The first-order valence-electron chi connectivity index (χ1n) is 10.2. The smallest absolute Gasteiger partial charge is 0.329 e. The second kappa shape index (κ2) is 10.5. The molecule has 0 bridgehead atoms. The van der Waals surface area contributed by atoms with E-state index in [4.69, 9.17) is 10.2 Å². The van der Waals surface area contributed by atoms with Gasteiger partial charge in [0.05, 0.1) is 12.1 Å². The van der Waals surface area contributed by atoms with E-state index >= 15 is 0 Å². The highest BCUT2D eigenvalue weighted by Crippen LogP contribution is 2.35. The standard InChI is InChI=1S/C11H11BrN2O3.C11H13BrN2O2/c12-7-1-3-8(4-2-7)13-10(17)14-11(5-6-11)9(15)16;12-8-1-3-9(4-2-8)13-10(16)14-11(7-15)5-6-11/h1-4H,5-6H2,(H,15,16)(H2,13,14,17);1-4,15H,5-7H2,(H2,13,14,16). The van der Waals surface area contributed by atoms with Crippen LogP contribution in [-0.4, -0.2) is 45.9 Å². The quantitative estimate of drug-likeness (QED) is 0.301. The second-order valence-corrected chi connectivity index (χ2v) is 9.83. The van der Waals surface area contributed by atoms with Gasteiger partial charge in [0, 0.05) is 20.3 Å². The van der Waals surface area contributed by atoms with E-state index in [9.17, 15) is 14.4 Å². The average molecular weight is 584 g/mol. The Labute approximate surface area is 207 Å². The zero-order chi connectivity index (χ0) is 24.1. The molecule has 33 heavy (non-hydrogen) atoms. The van der Waals surface area contributed by atoms with Gasteiger partial charge in [0.1, 0.15) is 5.54 Å². The van der Waals surface area contributed by atoms with Crippen molar-refractivity contribution in [2.45, 2.75) is 36.8 Å². The molecule has 0 unspecified atom stereocenters. The molecule has 2 aromatic rings. The van der Waals surface area contributed by atoms with E-state index < -0.39 is 17.5 Å². The Balaban J connectivity index is 0.000000186. The van der Waals surface area contributed by atoms with Crippen LogP contribution < -0.4 is 21.3 Å². The average Bonchev–Trinajstić information content (AvgIpc) is 3.70. The van der Waals surface area contributed by atoms with Gasteiger partial charge < -0.3 is 31.5 Å². The van der Waals surface area contributed by atoms with Crippen LogP contribution in [0.4, 0.5) is 21.0 Å². The number of carbonyl (C=O) groups is 3. The van der Waals surface area contributed by atoms with Crippen molar-refractivity contribution in [2.75, 3.05) is 17.2 Å². The fraction of sp³-hybridized carbons (Fsp3) is 0.318. The molecule has 6 N–H and O–H groups in total. The normalized spacial score (nSPS) is 16.3. The van der Waals surface area contributed by atoms with Crippen LogP contribution in [-0.2, 0) is 4.79 Å². The largest absolute Gasteiger partial charge is 0.480 e. The molecule has 0 heterocycles. The summed E-state index contributed by atoms with van der Waals surface area (Å²) in [6.45, 7) is 0.000752. The fourth-order valence-corrected chi connectivity index (χ4v) is 3.37. The minimum atomic E-state index is -1.06. The lowest BCUT2D eigenvalue weighted by Gasteiger charge is -2.14. The Morgan fingerprint density at radius 1 is 0.758 bits per heavy atom. The lowest BCUT2D eigenvalue weighted by molar-refractivity contribution is -0.140. The molecule has 2 fully saturated rings. The van der Waals surface area contributed by atoms with Crippen molar-refractivity contribution in [3.05, 3.63) is 57.5 Å². The number of carbonyl (C=O) groups excluding carboxylic acids is 2. The minimum Gasteiger partial charge on any atom is -0.480 e. The molecule has 11 heteroatoms. The topological polar surface area (TPSA) is 140 Å². The van der Waals surface area contributed by atoms with Crippen molar-refractivity contribution < 1.29 is 24.6 Å². The summed E-state index contributed by atoms with van der Waals surface area (Å²) in [5.41, 5.74) is -0.0832. The summed E-state index contributed by atoms with van der Waals surface area (Å²) in [7, 11) is 0. The maximum Gasteiger partial charge on any atom is 0.329 e. The molecule has 0 aromatic heterocycles. The maximum atomic E-state index is 11.6. The maximum absolute atomic E-state index is 11.6. The van der Waals surface area contributed by atoms with Gasteiger partial charge in [-0.2, -0.15) is 0 Å². The summed E-state index contributed by atoms with van der Waals surface area (Å²) < 4.78 is 1.88. The van der Waals surface area contributed by atoms with Crippen LogP contribution in [0, 0.1) is 0 Å². The van der Waals surface area contributed by atoms with Crippen molar-refractivity contribution in [2.24, 2.45) is 0 Å². The van der Waals surface area contributed by atoms with E-state index in [1.165, 1.54) is 0 Å². The number of amides is 4. The fourth-order valence-electron chi connectivity index (χ4n) is 2.84. The van der Waals surface area contributed by atoms with Gasteiger partial charge in [-0.1, -0.05) is 31.9 Å². The molecule has 4 amide bonds. The van der Waals surface area contributed by atoms with Crippen LogP contribution in [0.25, 0.3) is 0 Å². The summed E-state index contributed by atoms with van der Waals surface area (Å²) in [4.78, 5) is 34.0. The number of rotatable bonds is 6. The number of carboxylic acids is 1. The highest BCUT2D eigenvalue weighted by Gasteiger charge is 2.51. The number of hydrogen-bond acceptors (Lipinski definition) is 4. The number of halogens is 2. The van der Waals surface area contributed by atoms with Gasteiger partial charge in [-0.25, -0.2) is 14.4 Å². The van der Waals surface area contributed by atoms with Gasteiger partial charge in [-0.3, -0.25) is 0 Å². The number of anilines is 2. The van der Waals surface area contributed by atoms with Crippen LogP contribution in [0.3, 0.4) is 0 Å². The number of aliphatic carboxylic acids is 1. The molecule has 176 valence electrons. The molecular weight excluding hydrogens is 560 g/mol. The molecule has 2 aliphatic rings. The Hall–Kier alpha value is -2.63. The predicted molar refractivity (Wildman–Crippen MR) is 131 cm³/mol. The van der Waals surface area contributed by atoms with Crippen LogP contribution in [0.5, 0.6) is 0 Å². The van der Waals surface area contributed by atoms with E-state index in [0.717, 1.165) is 27.5 Å². The zero-order valence-electron chi connectivity index (χ0n) is 17.5. The van der Waals surface area contributed by atoms with Crippen molar-refractivity contribution in [3.8, 4) is 0 Å². The number of benzene rings is 2. The van der Waals surface area contributed by atoms with E-state index in [1.807, 2.05) is 24.3 Å². The highest BCUT2D eigenvalue weighted by atomic mass is 79.9. The molecule has 4 rings (SSSR count). The molecule has 0 radical (unpaired) electrons. The van der Waals surface area contributed by atoms with Gasteiger partial charge >= 0.3 is 18.0 Å². The number of aliphatic hydroxyl groups is 1. The second-order valence-electron chi connectivity index (χ2n) is 8.00. The molecule has 0 atom stereocenters. The Bertz CT molecular complexity index is 1010. The van der Waals surface area contributed by atoms with Crippen LogP contribution >= 0.6 is 31.9 Å². The molecule has 2 aromatic carbocycles. The number of urea groups is 2. The Morgan fingerprint density at radius 2 is 1.18 bits per heavy atom. The van der Waals surface area contributed by atoms with Crippen LogP contribution in [0.2, 0.25) is 0 Å².